The van der Waals surface area contributed by atoms with Crippen LogP contribution in [0.25, 0.3) is 10.9 Å². The third-order valence-corrected chi connectivity index (χ3v) is 7.52. The lowest BCUT2D eigenvalue weighted by Gasteiger charge is -2.22. The second-order valence-corrected chi connectivity index (χ2v) is 10.0. The fourth-order valence-electron chi connectivity index (χ4n) is 3.92. The van der Waals surface area contributed by atoms with Gasteiger partial charge in [0.2, 0.25) is 16.8 Å². The maximum Gasteiger partial charge on any atom is 0.337 e. The molecule has 1 aliphatic heterocycles. The van der Waals surface area contributed by atoms with Crippen LogP contribution in [0.4, 0.5) is 0 Å². The molecular weight excluding hydrogens is 486 g/mol. The molecule has 2 aromatic heterocycles. The monoisotopic (exact) mass is 507 g/mol. The maximum atomic E-state index is 13.7. The molecule has 5 rings (SSSR count). The first-order valence-electron chi connectivity index (χ1n) is 10.9. The molecule has 10 nitrogen and oxygen atoms in total. The van der Waals surface area contributed by atoms with Gasteiger partial charge in [-0.05, 0) is 42.0 Å². The number of benzene rings is 2. The highest BCUT2D eigenvalue weighted by Gasteiger charge is 2.27. The Morgan fingerprint density at radius 2 is 1.89 bits per heavy atom. The van der Waals surface area contributed by atoms with Crippen molar-refractivity contribution in [1.29, 1.82) is 0 Å². The molecule has 0 radical (unpaired) electrons. The second kappa shape index (κ2) is 9.44. The third kappa shape index (κ3) is 4.53. The quantitative estimate of drug-likeness (QED) is 0.378. The van der Waals surface area contributed by atoms with Crippen LogP contribution in [0.15, 0.2) is 76.7 Å². The Labute approximate surface area is 206 Å². The summed E-state index contributed by atoms with van der Waals surface area (Å²) >= 11 is 0. The SMILES string of the molecule is COC(=O)c1cccc(S(=O)(=O)N(Cc2cccnc2)Cc2cc3cc4c(cc3[nH]c2=O)OCO4)c1. The molecule has 1 aliphatic rings. The molecule has 3 heterocycles. The van der Waals surface area contributed by atoms with E-state index in [2.05, 4.69) is 9.97 Å². The van der Waals surface area contributed by atoms with Gasteiger partial charge in [0.15, 0.2) is 11.5 Å². The van der Waals surface area contributed by atoms with E-state index < -0.39 is 21.6 Å². The minimum Gasteiger partial charge on any atom is -0.465 e. The van der Waals surface area contributed by atoms with Crippen molar-refractivity contribution in [3.63, 3.8) is 0 Å². The first-order chi connectivity index (χ1) is 17.3. The number of H-pyrrole nitrogens is 1. The molecule has 0 aliphatic carbocycles. The first-order valence-corrected chi connectivity index (χ1v) is 12.3. The summed E-state index contributed by atoms with van der Waals surface area (Å²) in [6.45, 7) is -0.179. The number of fused-ring (bicyclic) bond motifs is 2. The Bertz CT molecular complexity index is 1620. The zero-order valence-corrected chi connectivity index (χ0v) is 19.9. The number of pyridine rings is 2. The molecule has 36 heavy (non-hydrogen) atoms. The van der Waals surface area contributed by atoms with Crippen molar-refractivity contribution in [2.45, 2.75) is 18.0 Å². The second-order valence-electron chi connectivity index (χ2n) is 8.07. The van der Waals surface area contributed by atoms with Crippen molar-refractivity contribution in [3.05, 3.63) is 94.0 Å². The van der Waals surface area contributed by atoms with Crippen LogP contribution in [0.3, 0.4) is 0 Å². The molecule has 0 spiro atoms. The Morgan fingerprint density at radius 3 is 2.64 bits per heavy atom. The minimum atomic E-state index is -4.14. The third-order valence-electron chi connectivity index (χ3n) is 5.74. The van der Waals surface area contributed by atoms with E-state index in [4.69, 9.17) is 14.2 Å². The van der Waals surface area contributed by atoms with Gasteiger partial charge in [0.1, 0.15) is 0 Å². The Hall–Kier alpha value is -4.22. The summed E-state index contributed by atoms with van der Waals surface area (Å²) in [5, 5.41) is 0.667. The lowest BCUT2D eigenvalue weighted by Crippen LogP contribution is -2.32. The number of nitrogens with one attached hydrogen (secondary N) is 1. The molecule has 2 aromatic carbocycles. The van der Waals surface area contributed by atoms with Gasteiger partial charge in [-0.15, -0.1) is 0 Å². The molecule has 4 aromatic rings. The molecule has 0 bridgehead atoms. The summed E-state index contributed by atoms with van der Waals surface area (Å²) in [4.78, 5) is 31.7. The molecule has 184 valence electrons. The molecule has 0 saturated heterocycles. The van der Waals surface area contributed by atoms with Gasteiger partial charge >= 0.3 is 5.97 Å². The van der Waals surface area contributed by atoms with Crippen LogP contribution in [0.1, 0.15) is 21.5 Å². The fourth-order valence-corrected chi connectivity index (χ4v) is 5.37. The Morgan fingerprint density at radius 1 is 1.08 bits per heavy atom. The molecule has 0 fully saturated rings. The van der Waals surface area contributed by atoms with Crippen LogP contribution in [0, 0.1) is 0 Å². The van der Waals surface area contributed by atoms with Crippen LogP contribution in [0.2, 0.25) is 0 Å². The topological polar surface area (TPSA) is 128 Å². The molecule has 11 heteroatoms. The average Bonchev–Trinajstić information content (AvgIpc) is 3.35. The minimum absolute atomic E-state index is 0.0444. The summed E-state index contributed by atoms with van der Waals surface area (Å²) in [5.41, 5.74) is 1.07. The van der Waals surface area contributed by atoms with Gasteiger partial charge in [-0.1, -0.05) is 12.1 Å². The van der Waals surface area contributed by atoms with Crippen molar-refractivity contribution in [1.82, 2.24) is 14.3 Å². The molecule has 1 N–H and O–H groups in total. The lowest BCUT2D eigenvalue weighted by molar-refractivity contribution is 0.0600. The van der Waals surface area contributed by atoms with Crippen LogP contribution in [0.5, 0.6) is 11.5 Å². The van der Waals surface area contributed by atoms with E-state index in [1.165, 1.54) is 35.7 Å². The van der Waals surface area contributed by atoms with Crippen molar-refractivity contribution in [2.75, 3.05) is 13.9 Å². The molecule has 0 saturated carbocycles. The number of hydrogen-bond donors (Lipinski definition) is 1. The zero-order chi connectivity index (χ0) is 25.3. The number of nitrogens with zero attached hydrogens (tertiary/aromatic N) is 2. The fraction of sp³-hybridized carbons (Fsp3) is 0.160. The molecular formula is C25H21N3O7S. The molecule has 0 unspecified atom stereocenters. The van der Waals surface area contributed by atoms with Crippen molar-refractivity contribution in [2.24, 2.45) is 0 Å². The van der Waals surface area contributed by atoms with Crippen LogP contribution >= 0.6 is 0 Å². The summed E-state index contributed by atoms with van der Waals surface area (Å²) in [6, 6.07) is 14.1. The standard InChI is InChI=1S/C25H21N3O7S/c1-33-25(30)17-5-2-6-20(9-17)36(31,32)28(13-16-4-3-7-26-12-16)14-19-8-18-10-22-23(35-15-34-22)11-21(18)27-24(19)29/h2-12H,13-15H2,1H3,(H,27,29). The van der Waals surface area contributed by atoms with Gasteiger partial charge in [0, 0.05) is 42.5 Å². The van der Waals surface area contributed by atoms with Gasteiger partial charge < -0.3 is 19.2 Å². The predicted octanol–water partition coefficient (Wildman–Crippen LogP) is 2.83. The highest BCUT2D eigenvalue weighted by molar-refractivity contribution is 7.89. The lowest BCUT2D eigenvalue weighted by atomic mass is 10.1. The number of rotatable bonds is 7. The highest BCUT2D eigenvalue weighted by Crippen LogP contribution is 2.35. The number of hydrogen-bond acceptors (Lipinski definition) is 8. The predicted molar refractivity (Wildman–Crippen MR) is 129 cm³/mol. The summed E-state index contributed by atoms with van der Waals surface area (Å²) in [6.07, 6.45) is 3.14. The smallest absolute Gasteiger partial charge is 0.337 e. The van der Waals surface area contributed by atoms with E-state index in [-0.39, 0.29) is 35.9 Å². The van der Waals surface area contributed by atoms with Gasteiger partial charge in [0.05, 0.1) is 23.1 Å². The maximum absolute atomic E-state index is 13.7. The van der Waals surface area contributed by atoms with Gasteiger partial charge in [0.25, 0.3) is 5.56 Å². The van der Waals surface area contributed by atoms with Gasteiger partial charge in [-0.2, -0.15) is 4.31 Å². The summed E-state index contributed by atoms with van der Waals surface area (Å²) < 4.78 is 44.2. The van der Waals surface area contributed by atoms with Crippen LogP contribution < -0.4 is 15.0 Å². The van der Waals surface area contributed by atoms with E-state index in [1.54, 1.807) is 42.7 Å². The van der Waals surface area contributed by atoms with E-state index in [0.29, 0.717) is 28.0 Å². The normalized spacial score (nSPS) is 12.7. The van der Waals surface area contributed by atoms with Crippen LogP contribution in [-0.4, -0.2) is 42.6 Å². The number of sulfonamides is 1. The number of carbonyl (C=O) groups excluding carboxylic acids is 1. The van der Waals surface area contributed by atoms with E-state index in [0.717, 1.165) is 0 Å². The number of carbonyl (C=O) groups is 1. The number of aromatic amines is 1. The van der Waals surface area contributed by atoms with E-state index >= 15 is 0 Å². The summed E-state index contributed by atoms with van der Waals surface area (Å²) in [5.74, 6) is 0.410. The first kappa shape index (κ1) is 23.5. The van der Waals surface area contributed by atoms with E-state index in [1.807, 2.05) is 0 Å². The zero-order valence-electron chi connectivity index (χ0n) is 19.1. The molecule has 0 amide bonds. The van der Waals surface area contributed by atoms with Crippen molar-refractivity contribution < 1.29 is 27.4 Å². The highest BCUT2D eigenvalue weighted by atomic mass is 32.2. The Balaban J connectivity index is 1.56. The van der Waals surface area contributed by atoms with Crippen LogP contribution in [-0.2, 0) is 27.8 Å². The Kier molecular flexibility index (Phi) is 6.17. The van der Waals surface area contributed by atoms with Crippen molar-refractivity contribution in [3.8, 4) is 11.5 Å². The number of aromatic nitrogens is 2. The van der Waals surface area contributed by atoms with E-state index in [9.17, 15) is 18.0 Å². The molecule has 0 atom stereocenters. The van der Waals surface area contributed by atoms with Gasteiger partial charge in [-0.25, -0.2) is 13.2 Å². The number of ether oxygens (including phenoxy) is 3. The largest absolute Gasteiger partial charge is 0.465 e. The average molecular weight is 508 g/mol. The number of methoxy groups -OCH3 is 1. The number of esters is 1. The summed E-state index contributed by atoms with van der Waals surface area (Å²) in [7, 11) is -2.92. The van der Waals surface area contributed by atoms with Gasteiger partial charge in [-0.3, -0.25) is 9.78 Å². The van der Waals surface area contributed by atoms with Crippen molar-refractivity contribution >= 4 is 26.9 Å².